The van der Waals surface area contributed by atoms with Gasteiger partial charge in [0.25, 0.3) is 0 Å². The molecule has 2 aliphatic heterocycles. The van der Waals surface area contributed by atoms with Crippen LogP contribution in [0.15, 0.2) is 11.6 Å². The van der Waals surface area contributed by atoms with Crippen LogP contribution in [0.25, 0.3) is 0 Å². The van der Waals surface area contributed by atoms with Crippen molar-refractivity contribution in [1.29, 1.82) is 0 Å². The molecule has 22 heavy (non-hydrogen) atoms. The molecule has 4 atom stereocenters. The summed E-state index contributed by atoms with van der Waals surface area (Å²) in [4.78, 5) is 0. The van der Waals surface area contributed by atoms with E-state index in [9.17, 15) is 0 Å². The first-order valence-electron chi connectivity index (χ1n) is 9.94. The molecule has 2 nitrogen and oxygen atoms in total. The quantitative estimate of drug-likeness (QED) is 0.546. The van der Waals surface area contributed by atoms with Crippen molar-refractivity contribution in [2.75, 3.05) is 26.7 Å². The second-order valence-corrected chi connectivity index (χ2v) is 8.66. The molecule has 0 radical (unpaired) electrons. The lowest BCUT2D eigenvalue weighted by Gasteiger charge is -2.50. The van der Waals surface area contributed by atoms with Gasteiger partial charge < -0.3 is 9.22 Å². The van der Waals surface area contributed by atoms with Crippen LogP contribution in [0, 0.1) is 11.8 Å². The van der Waals surface area contributed by atoms with Crippen LogP contribution in [0.5, 0.6) is 0 Å². The van der Waals surface area contributed by atoms with E-state index < -0.39 is 0 Å². The minimum Gasteiger partial charge on any atom is -0.368 e. The highest BCUT2D eigenvalue weighted by Crippen LogP contribution is 2.46. The van der Waals surface area contributed by atoms with E-state index in [4.69, 9.17) is 4.74 Å². The monoisotopic (exact) mass is 304 g/mol. The SMILES string of the molecule is C[N+]1(C[C@H]2O[C@H]3CCCC[C@H]3C3=CCCC[C@H]32)CCCCC1. The van der Waals surface area contributed by atoms with Gasteiger partial charge in [-0.3, -0.25) is 0 Å². The molecule has 0 bridgehead atoms. The van der Waals surface area contributed by atoms with Crippen molar-refractivity contribution in [3.05, 3.63) is 11.6 Å². The summed E-state index contributed by atoms with van der Waals surface area (Å²) in [6.45, 7) is 4.02. The van der Waals surface area contributed by atoms with Crippen molar-refractivity contribution in [2.24, 2.45) is 11.8 Å². The fraction of sp³-hybridized carbons (Fsp3) is 0.900. The molecule has 0 unspecified atom stereocenters. The Balaban J connectivity index is 1.53. The molecule has 4 rings (SSSR count). The molecule has 2 aliphatic carbocycles. The van der Waals surface area contributed by atoms with Crippen molar-refractivity contribution in [2.45, 2.75) is 76.4 Å². The Morgan fingerprint density at radius 3 is 2.59 bits per heavy atom. The zero-order valence-electron chi connectivity index (χ0n) is 14.4. The van der Waals surface area contributed by atoms with Gasteiger partial charge in [-0.15, -0.1) is 0 Å². The highest BCUT2D eigenvalue weighted by Gasteiger charge is 2.45. The van der Waals surface area contributed by atoms with Gasteiger partial charge in [-0.2, -0.15) is 0 Å². The van der Waals surface area contributed by atoms with Gasteiger partial charge in [0.15, 0.2) is 0 Å². The molecule has 0 aromatic heterocycles. The largest absolute Gasteiger partial charge is 0.368 e. The maximum atomic E-state index is 6.77. The van der Waals surface area contributed by atoms with Gasteiger partial charge in [-0.05, 0) is 51.4 Å². The van der Waals surface area contributed by atoms with Crippen LogP contribution in [0.4, 0.5) is 0 Å². The lowest BCUT2D eigenvalue weighted by molar-refractivity contribution is -0.917. The number of allylic oxidation sites excluding steroid dienone is 1. The van der Waals surface area contributed by atoms with Gasteiger partial charge >= 0.3 is 0 Å². The number of piperidine rings is 1. The van der Waals surface area contributed by atoms with Gasteiger partial charge in [0, 0.05) is 11.8 Å². The molecule has 0 N–H and O–H groups in total. The van der Waals surface area contributed by atoms with Crippen molar-refractivity contribution >= 4 is 0 Å². The van der Waals surface area contributed by atoms with Gasteiger partial charge in [-0.1, -0.05) is 24.5 Å². The number of hydrogen-bond donors (Lipinski definition) is 0. The first-order chi connectivity index (χ1) is 10.8. The molecule has 0 amide bonds. The number of quaternary nitrogens is 1. The maximum absolute atomic E-state index is 6.77. The highest BCUT2D eigenvalue weighted by atomic mass is 16.5. The van der Waals surface area contributed by atoms with Gasteiger partial charge in [0.05, 0.1) is 26.2 Å². The Morgan fingerprint density at radius 1 is 0.955 bits per heavy atom. The van der Waals surface area contributed by atoms with E-state index in [1.54, 1.807) is 0 Å². The summed E-state index contributed by atoms with van der Waals surface area (Å²) in [5.74, 6) is 1.53. The number of fused-ring (bicyclic) bond motifs is 3. The zero-order chi connectivity index (χ0) is 15.0. The molecule has 0 aromatic carbocycles. The second kappa shape index (κ2) is 6.28. The molecule has 2 heteroatoms. The molecule has 4 aliphatic rings. The standard InChI is InChI=1S/C20H34NO/c1-21(13-7-2-8-14-21)15-20-18-11-4-3-9-16(18)17-10-5-6-12-19(17)22-20/h9,17-20H,2-8,10-15H2,1H3/q+1/t17-,18+,19-,20+/m0/s1. The Morgan fingerprint density at radius 2 is 1.73 bits per heavy atom. The Labute approximate surface area is 136 Å². The summed E-state index contributed by atoms with van der Waals surface area (Å²) in [7, 11) is 2.49. The van der Waals surface area contributed by atoms with Crippen LogP contribution >= 0.6 is 0 Å². The molecule has 2 heterocycles. The summed E-state index contributed by atoms with van der Waals surface area (Å²) in [5, 5.41) is 0. The summed E-state index contributed by atoms with van der Waals surface area (Å²) in [6.07, 6.45) is 17.6. The third-order valence-corrected chi connectivity index (χ3v) is 6.97. The fourth-order valence-electron chi connectivity index (χ4n) is 5.77. The average Bonchev–Trinajstić information content (AvgIpc) is 2.55. The summed E-state index contributed by atoms with van der Waals surface area (Å²) in [6, 6.07) is 0. The topological polar surface area (TPSA) is 9.23 Å². The molecule has 0 aromatic rings. The number of nitrogens with zero attached hydrogens (tertiary/aromatic N) is 1. The van der Waals surface area contributed by atoms with Crippen LogP contribution in [-0.4, -0.2) is 43.4 Å². The number of likely N-dealkylation sites (tertiary alicyclic amines) is 1. The van der Waals surface area contributed by atoms with E-state index in [0.717, 1.165) is 11.8 Å². The normalized spacial score (nSPS) is 41.2. The lowest BCUT2D eigenvalue weighted by Crippen LogP contribution is -2.57. The van der Waals surface area contributed by atoms with Gasteiger partial charge in [0.1, 0.15) is 12.6 Å². The molecule has 0 spiro atoms. The van der Waals surface area contributed by atoms with E-state index in [0.29, 0.717) is 12.2 Å². The predicted octanol–water partition coefficient (Wildman–Crippen LogP) is 4.30. The molecule has 124 valence electrons. The number of ether oxygens (including phenoxy) is 1. The zero-order valence-corrected chi connectivity index (χ0v) is 14.4. The third kappa shape index (κ3) is 2.89. The Kier molecular flexibility index (Phi) is 4.34. The molecular weight excluding hydrogens is 270 g/mol. The number of hydrogen-bond acceptors (Lipinski definition) is 1. The van der Waals surface area contributed by atoms with Gasteiger partial charge in [-0.25, -0.2) is 0 Å². The van der Waals surface area contributed by atoms with Crippen LogP contribution in [0.3, 0.4) is 0 Å². The van der Waals surface area contributed by atoms with E-state index >= 15 is 0 Å². The highest BCUT2D eigenvalue weighted by molar-refractivity contribution is 5.20. The minimum atomic E-state index is 0.508. The second-order valence-electron chi connectivity index (χ2n) is 8.66. The van der Waals surface area contributed by atoms with Crippen LogP contribution < -0.4 is 0 Å². The van der Waals surface area contributed by atoms with Crippen molar-refractivity contribution in [3.63, 3.8) is 0 Å². The summed E-state index contributed by atoms with van der Waals surface area (Å²) >= 11 is 0. The molecule has 2 saturated heterocycles. The maximum Gasteiger partial charge on any atom is 0.113 e. The van der Waals surface area contributed by atoms with Crippen LogP contribution in [0.2, 0.25) is 0 Å². The first-order valence-corrected chi connectivity index (χ1v) is 9.94. The molecule has 3 fully saturated rings. The van der Waals surface area contributed by atoms with Crippen molar-refractivity contribution < 1.29 is 9.22 Å². The first kappa shape index (κ1) is 15.2. The van der Waals surface area contributed by atoms with Crippen molar-refractivity contribution in [3.8, 4) is 0 Å². The van der Waals surface area contributed by atoms with E-state index in [2.05, 4.69) is 13.1 Å². The van der Waals surface area contributed by atoms with E-state index in [-0.39, 0.29) is 0 Å². The van der Waals surface area contributed by atoms with Crippen LogP contribution in [0.1, 0.15) is 64.2 Å². The molecular formula is C20H34NO+. The van der Waals surface area contributed by atoms with Gasteiger partial charge in [0.2, 0.25) is 0 Å². The smallest absolute Gasteiger partial charge is 0.113 e. The molecule has 1 saturated carbocycles. The summed E-state index contributed by atoms with van der Waals surface area (Å²) < 4.78 is 8.04. The summed E-state index contributed by atoms with van der Waals surface area (Å²) in [5.41, 5.74) is 1.83. The lowest BCUT2D eigenvalue weighted by atomic mass is 9.69. The Bertz CT molecular complexity index is 423. The Hall–Kier alpha value is -0.340. The van der Waals surface area contributed by atoms with Crippen molar-refractivity contribution in [1.82, 2.24) is 0 Å². The van der Waals surface area contributed by atoms with E-state index in [1.807, 2.05) is 5.57 Å². The third-order valence-electron chi connectivity index (χ3n) is 6.97. The minimum absolute atomic E-state index is 0.508. The van der Waals surface area contributed by atoms with Crippen LogP contribution in [-0.2, 0) is 4.74 Å². The number of likely N-dealkylation sites (N-methyl/N-ethyl adjacent to an activating group) is 1. The van der Waals surface area contributed by atoms with E-state index in [1.165, 1.54) is 88.3 Å². The average molecular weight is 304 g/mol. The fourth-order valence-corrected chi connectivity index (χ4v) is 5.77. The number of rotatable bonds is 2. The predicted molar refractivity (Wildman–Crippen MR) is 90.7 cm³/mol.